The Morgan fingerprint density at radius 1 is 0.343 bits per heavy atom. The Balaban J connectivity index is 1.14. The fourth-order valence-corrected chi connectivity index (χ4v) is 7.67. The molecule has 0 saturated carbocycles. The van der Waals surface area contributed by atoms with Gasteiger partial charge in [0, 0.05) is 7.11 Å². The molecule has 0 aliphatic carbocycles. The van der Waals surface area contributed by atoms with Gasteiger partial charge < -0.3 is 47.4 Å². The van der Waals surface area contributed by atoms with E-state index in [1.165, 1.54) is 67.8 Å². The van der Waals surface area contributed by atoms with E-state index < -0.39 is 104 Å². The Bertz CT molecular complexity index is 2690. The summed E-state index contributed by atoms with van der Waals surface area (Å²) in [5.74, 6) is -4.96. The molecule has 6 aromatic carbocycles. The first-order valence-corrected chi connectivity index (χ1v) is 22.1. The highest BCUT2D eigenvalue weighted by Crippen LogP contribution is 2.34. The molecule has 2 aliphatic rings. The maximum atomic E-state index is 14.0. The highest BCUT2D eigenvalue weighted by atomic mass is 16.8. The molecule has 0 N–H and O–H groups in total. The minimum Gasteiger partial charge on any atom is -0.459 e. The lowest BCUT2D eigenvalue weighted by molar-refractivity contribution is -0.302. The number of esters is 6. The van der Waals surface area contributed by atoms with Crippen LogP contribution in [0.1, 0.15) is 62.1 Å². The van der Waals surface area contributed by atoms with Crippen LogP contribution in [0.15, 0.2) is 182 Å². The number of benzene rings is 6. The van der Waals surface area contributed by atoms with E-state index in [-0.39, 0.29) is 33.4 Å². The maximum absolute atomic E-state index is 14.0. The van der Waals surface area contributed by atoms with E-state index in [4.69, 9.17) is 47.4 Å². The van der Waals surface area contributed by atoms with Gasteiger partial charge in [0.1, 0.15) is 18.8 Å². The first-order chi connectivity index (χ1) is 34.2. The third-order valence-electron chi connectivity index (χ3n) is 11.2. The number of hydrogen-bond donors (Lipinski definition) is 0. The van der Waals surface area contributed by atoms with Gasteiger partial charge in [0.15, 0.2) is 43.1 Å². The molecule has 358 valence electrons. The number of carbonyl (C=O) groups excluding carboxylic acids is 6. The van der Waals surface area contributed by atoms with Gasteiger partial charge in [-0.25, -0.2) is 28.8 Å². The Hall–Kier alpha value is -8.02. The molecule has 0 amide bonds. The predicted molar refractivity (Wildman–Crippen MR) is 245 cm³/mol. The maximum Gasteiger partial charge on any atom is 0.338 e. The molecule has 2 aliphatic heterocycles. The number of carbonyl (C=O) groups is 6. The monoisotopic (exact) mass is 950 g/mol. The van der Waals surface area contributed by atoms with Crippen molar-refractivity contribution in [2.24, 2.45) is 0 Å². The topological polar surface area (TPSA) is 195 Å². The molecule has 70 heavy (non-hydrogen) atoms. The Labute approximate surface area is 401 Å². The lowest BCUT2D eigenvalue weighted by atomic mass is 9.97. The summed E-state index contributed by atoms with van der Waals surface area (Å²) in [5, 5.41) is 0. The fourth-order valence-electron chi connectivity index (χ4n) is 7.67. The third kappa shape index (κ3) is 12.0. The molecule has 16 nitrogen and oxygen atoms in total. The van der Waals surface area contributed by atoms with Crippen LogP contribution in [0.5, 0.6) is 0 Å². The first kappa shape index (κ1) is 48.4. The van der Waals surface area contributed by atoms with Gasteiger partial charge in [0.05, 0.1) is 40.0 Å². The molecule has 2 fully saturated rings. The number of ether oxygens (including phenoxy) is 10. The summed E-state index contributed by atoms with van der Waals surface area (Å²) >= 11 is 0. The third-order valence-corrected chi connectivity index (χ3v) is 11.2. The van der Waals surface area contributed by atoms with Crippen molar-refractivity contribution < 1.29 is 76.1 Å². The van der Waals surface area contributed by atoms with Gasteiger partial charge in [-0.05, 0) is 72.8 Å². The minimum atomic E-state index is -1.62. The summed E-state index contributed by atoms with van der Waals surface area (Å²) in [6, 6.07) is 48.1. The number of rotatable bonds is 17. The van der Waals surface area contributed by atoms with Crippen LogP contribution in [-0.4, -0.2) is 111 Å². The fraction of sp³-hybridized carbons (Fsp3) is 0.222. The zero-order chi connectivity index (χ0) is 48.8. The van der Waals surface area contributed by atoms with Crippen LogP contribution in [0.2, 0.25) is 0 Å². The van der Waals surface area contributed by atoms with Gasteiger partial charge in [-0.1, -0.05) is 109 Å². The smallest absolute Gasteiger partial charge is 0.338 e. The Morgan fingerprint density at radius 2 is 0.614 bits per heavy atom. The predicted octanol–water partition coefficient (Wildman–Crippen LogP) is 7.08. The van der Waals surface area contributed by atoms with Crippen LogP contribution in [0.3, 0.4) is 0 Å². The second kappa shape index (κ2) is 23.3. The summed E-state index contributed by atoms with van der Waals surface area (Å²) in [6.07, 6.45) is -13.6. The molecule has 6 aromatic rings. The molecule has 16 heteroatoms. The number of hydrogen-bond acceptors (Lipinski definition) is 16. The average molecular weight is 951 g/mol. The summed E-state index contributed by atoms with van der Waals surface area (Å²) in [5.41, 5.74) is 0.905. The van der Waals surface area contributed by atoms with Gasteiger partial charge in [0.25, 0.3) is 0 Å². The van der Waals surface area contributed by atoms with Crippen molar-refractivity contribution in [1.82, 2.24) is 0 Å². The zero-order valence-corrected chi connectivity index (χ0v) is 37.5. The SMILES string of the molecule is CO[C@H]1O[C@H](CO[C@H]2O[C@H](COC(=O)c3ccccc3)[C@@H](OC(=O)c3ccccc3)[C@@H]2OC(=O)c2ccccc2)[C@@H](OC(=O)c2ccccc2)[C@H](OC(=O)c2ccccc2)[C@H]1OC(=O)c1ccccc1. The molecule has 0 bridgehead atoms. The summed E-state index contributed by atoms with van der Waals surface area (Å²) in [4.78, 5) is 82.5. The van der Waals surface area contributed by atoms with Gasteiger partial charge in [-0.3, -0.25) is 0 Å². The molecule has 2 saturated heterocycles. The molecule has 2 heterocycles. The van der Waals surface area contributed by atoms with Crippen molar-refractivity contribution in [1.29, 1.82) is 0 Å². The van der Waals surface area contributed by atoms with Crippen molar-refractivity contribution >= 4 is 35.8 Å². The van der Waals surface area contributed by atoms with Gasteiger partial charge in [0.2, 0.25) is 0 Å². The van der Waals surface area contributed by atoms with Gasteiger partial charge >= 0.3 is 35.8 Å². The molecule has 9 atom stereocenters. The van der Waals surface area contributed by atoms with Crippen LogP contribution in [-0.2, 0) is 47.4 Å². The lowest BCUT2D eigenvalue weighted by Crippen LogP contribution is -2.63. The zero-order valence-electron chi connectivity index (χ0n) is 37.5. The first-order valence-electron chi connectivity index (χ1n) is 22.1. The molecule has 0 spiro atoms. The minimum absolute atomic E-state index is 0.116. The molecule has 0 aromatic heterocycles. The van der Waals surface area contributed by atoms with E-state index in [1.54, 1.807) is 121 Å². The van der Waals surface area contributed by atoms with Crippen molar-refractivity contribution in [2.75, 3.05) is 20.3 Å². The van der Waals surface area contributed by atoms with Gasteiger partial charge in [-0.2, -0.15) is 0 Å². The average Bonchev–Trinajstić information content (AvgIpc) is 3.73. The Morgan fingerprint density at radius 3 is 0.971 bits per heavy atom. The molecule has 8 rings (SSSR count). The summed E-state index contributed by atoms with van der Waals surface area (Å²) in [7, 11) is 1.27. The van der Waals surface area contributed by atoms with E-state index in [0.717, 1.165) is 0 Å². The van der Waals surface area contributed by atoms with E-state index in [9.17, 15) is 28.8 Å². The normalized spacial score (nSPS) is 22.7. The highest BCUT2D eigenvalue weighted by molar-refractivity contribution is 5.92. The Kier molecular flexibility index (Phi) is 16.1. The lowest BCUT2D eigenvalue weighted by Gasteiger charge is -2.44. The van der Waals surface area contributed by atoms with Gasteiger partial charge in [-0.15, -0.1) is 0 Å². The van der Waals surface area contributed by atoms with Crippen molar-refractivity contribution in [3.63, 3.8) is 0 Å². The van der Waals surface area contributed by atoms with E-state index >= 15 is 0 Å². The van der Waals surface area contributed by atoms with Crippen LogP contribution in [0.25, 0.3) is 0 Å². The largest absolute Gasteiger partial charge is 0.459 e. The molecule has 0 radical (unpaired) electrons. The molecule has 0 unspecified atom stereocenters. The summed E-state index contributed by atoms with van der Waals surface area (Å²) in [6.45, 7) is -1.10. The van der Waals surface area contributed by atoms with E-state index in [1.807, 2.05) is 0 Å². The quantitative estimate of drug-likeness (QED) is 0.0664. The van der Waals surface area contributed by atoms with Crippen LogP contribution in [0.4, 0.5) is 0 Å². The van der Waals surface area contributed by atoms with E-state index in [2.05, 4.69) is 0 Å². The van der Waals surface area contributed by atoms with Crippen molar-refractivity contribution in [3.8, 4) is 0 Å². The highest BCUT2D eigenvalue weighted by Gasteiger charge is 2.55. The summed E-state index contributed by atoms with van der Waals surface area (Å²) < 4.78 is 60.9. The number of methoxy groups -OCH3 is 1. The van der Waals surface area contributed by atoms with Crippen LogP contribution >= 0.6 is 0 Å². The second-order valence-corrected chi connectivity index (χ2v) is 15.8. The molecular formula is C54H46O16. The van der Waals surface area contributed by atoms with E-state index in [0.29, 0.717) is 0 Å². The second-order valence-electron chi connectivity index (χ2n) is 15.8. The van der Waals surface area contributed by atoms with Crippen molar-refractivity contribution in [2.45, 2.75) is 55.3 Å². The molecular weight excluding hydrogens is 905 g/mol. The van der Waals surface area contributed by atoms with Crippen LogP contribution in [0, 0.1) is 0 Å². The standard InChI is InChI=1S/C54H46O16/c1-61-53-46(70-52(60)39-30-18-7-19-31-39)44(68-50(58)37-26-14-5-15-27-37)42(66-48(56)35-22-10-3-11-23-35)41(64-53)33-63-54-45(69-51(59)38-28-16-6-17-29-38)43(67-49(57)36-24-12-4-13-25-36)40(65-54)32-62-47(55)34-20-8-2-9-21-34/h2-31,40-46,53-54H,32-33H2,1H3/t40-,41-,42-,43-,44+,45+,46-,53+,54+/m1/s1. The van der Waals surface area contributed by atoms with Crippen LogP contribution < -0.4 is 0 Å². The van der Waals surface area contributed by atoms with Crippen molar-refractivity contribution in [3.05, 3.63) is 215 Å².